The first-order chi connectivity index (χ1) is 19.0. The van der Waals surface area contributed by atoms with Crippen LogP contribution in [0.1, 0.15) is 12.6 Å². The summed E-state index contributed by atoms with van der Waals surface area (Å²) in [4.78, 5) is 79.4. The molecule has 0 aromatic carbocycles. The Bertz CT molecular complexity index is 2060. The number of carbonyl (C=O) groups excluding carboxylic acids is 1. The van der Waals surface area contributed by atoms with Crippen LogP contribution in [0.3, 0.4) is 0 Å². The van der Waals surface area contributed by atoms with Gasteiger partial charge in [0.1, 0.15) is 5.78 Å². The van der Waals surface area contributed by atoms with E-state index in [0.29, 0.717) is 55.6 Å². The Morgan fingerprint density at radius 2 is 1.45 bits per heavy atom. The lowest BCUT2D eigenvalue weighted by molar-refractivity contribution is -0.117. The molecule has 5 aromatic heterocycles. The van der Waals surface area contributed by atoms with Crippen molar-refractivity contribution in [3.63, 3.8) is 0 Å². The fourth-order valence-corrected chi connectivity index (χ4v) is 5.44. The van der Waals surface area contributed by atoms with E-state index in [2.05, 4.69) is 24.8 Å². The van der Waals surface area contributed by atoms with Crippen molar-refractivity contribution in [1.29, 1.82) is 0 Å². The number of nitrogens with zero attached hydrogens (tertiary/aromatic N) is 9. The van der Waals surface area contributed by atoms with E-state index in [1.54, 1.807) is 16.0 Å². The number of nitrogens with one attached hydrogen (secondary N) is 2. The fourth-order valence-electron chi connectivity index (χ4n) is 5.44. The molecular weight excluding hydrogens is 522 g/mol. The number of rotatable bonds is 6. The van der Waals surface area contributed by atoms with Crippen LogP contribution in [0, 0.1) is 6.92 Å². The predicted molar refractivity (Wildman–Crippen MR) is 146 cm³/mol. The van der Waals surface area contributed by atoms with E-state index in [1.165, 1.54) is 23.1 Å². The summed E-state index contributed by atoms with van der Waals surface area (Å²) in [6.07, 6.45) is 1.84. The van der Waals surface area contributed by atoms with Gasteiger partial charge in [-0.3, -0.25) is 47.4 Å². The average molecular weight is 552 g/mol. The van der Waals surface area contributed by atoms with E-state index in [4.69, 9.17) is 0 Å². The van der Waals surface area contributed by atoms with Crippen molar-refractivity contribution in [2.24, 2.45) is 14.1 Å². The lowest BCUT2D eigenvalue weighted by Gasteiger charge is -2.35. The molecule has 0 spiro atoms. The zero-order valence-corrected chi connectivity index (χ0v) is 22.6. The van der Waals surface area contributed by atoms with Gasteiger partial charge in [0.15, 0.2) is 22.3 Å². The number of imidazole rings is 3. The van der Waals surface area contributed by atoms with Gasteiger partial charge in [-0.1, -0.05) is 0 Å². The van der Waals surface area contributed by atoms with E-state index in [-0.39, 0.29) is 23.5 Å². The number of ketones is 1. The van der Waals surface area contributed by atoms with Crippen LogP contribution in [0.15, 0.2) is 25.4 Å². The van der Waals surface area contributed by atoms with Crippen molar-refractivity contribution in [2.75, 3.05) is 37.6 Å². The van der Waals surface area contributed by atoms with Gasteiger partial charge in [-0.2, -0.15) is 9.97 Å². The van der Waals surface area contributed by atoms with Crippen LogP contribution < -0.4 is 27.4 Å². The topological polar surface area (TPSA) is 173 Å². The number of piperazine rings is 1. The second kappa shape index (κ2) is 9.18. The van der Waals surface area contributed by atoms with Crippen LogP contribution in [-0.4, -0.2) is 86.0 Å². The Balaban J connectivity index is 1.23. The van der Waals surface area contributed by atoms with Gasteiger partial charge < -0.3 is 9.47 Å². The van der Waals surface area contributed by atoms with Gasteiger partial charge in [-0.05, 0) is 13.8 Å². The average Bonchev–Trinajstić information content (AvgIpc) is 3.55. The van der Waals surface area contributed by atoms with Crippen molar-refractivity contribution in [1.82, 2.24) is 47.5 Å². The fraction of sp³-hybridized carbons (Fsp3) is 0.458. The molecule has 210 valence electrons. The molecule has 5 aromatic rings. The molecule has 16 heteroatoms. The molecule has 0 amide bonds. The summed E-state index contributed by atoms with van der Waals surface area (Å²) in [5.41, 5.74) is -0.0851. The highest BCUT2D eigenvalue weighted by Crippen LogP contribution is 2.21. The minimum Gasteiger partial charge on any atom is -0.340 e. The predicted octanol–water partition coefficient (Wildman–Crippen LogP) is -1.87. The number of anilines is 1. The second-order valence-corrected chi connectivity index (χ2v) is 10.2. The zero-order valence-electron chi connectivity index (χ0n) is 22.6. The van der Waals surface area contributed by atoms with Gasteiger partial charge in [0.05, 0.1) is 6.54 Å². The maximum Gasteiger partial charge on any atom is 0.329 e. The first-order valence-corrected chi connectivity index (χ1v) is 12.9. The van der Waals surface area contributed by atoms with Crippen LogP contribution >= 0.6 is 0 Å². The lowest BCUT2D eigenvalue weighted by Crippen LogP contribution is -2.48. The van der Waals surface area contributed by atoms with Gasteiger partial charge in [0, 0.05) is 65.3 Å². The summed E-state index contributed by atoms with van der Waals surface area (Å²) in [5.74, 6) is 0.945. The van der Waals surface area contributed by atoms with Crippen molar-refractivity contribution < 1.29 is 4.79 Å². The monoisotopic (exact) mass is 551 g/mol. The molecule has 6 heterocycles. The summed E-state index contributed by atoms with van der Waals surface area (Å²) < 4.78 is 7.93. The van der Waals surface area contributed by atoms with Crippen LogP contribution in [0.5, 0.6) is 0 Å². The summed E-state index contributed by atoms with van der Waals surface area (Å²) in [7, 11) is 3.11. The number of aromatic amines is 2. The zero-order chi connectivity index (χ0) is 28.5. The second-order valence-electron chi connectivity index (χ2n) is 10.2. The van der Waals surface area contributed by atoms with Gasteiger partial charge in [-0.15, -0.1) is 0 Å². The largest absolute Gasteiger partial charge is 0.340 e. The molecule has 0 bridgehead atoms. The van der Waals surface area contributed by atoms with Crippen molar-refractivity contribution in [2.45, 2.75) is 26.9 Å². The number of hydrogen-bond acceptors (Lipinski definition) is 9. The summed E-state index contributed by atoms with van der Waals surface area (Å²) in [6.45, 7) is 7.34. The smallest absolute Gasteiger partial charge is 0.329 e. The summed E-state index contributed by atoms with van der Waals surface area (Å²) >= 11 is 0. The Kier molecular flexibility index (Phi) is 5.86. The van der Waals surface area contributed by atoms with E-state index >= 15 is 0 Å². The summed E-state index contributed by atoms with van der Waals surface area (Å²) in [5, 5.41) is 0. The molecule has 0 atom stereocenters. The highest BCUT2D eigenvalue weighted by molar-refractivity contribution is 5.81. The SMILES string of the molecule is CC(=O)Cn1c(N2CCN(CCn3c(C)cn4c5c(=O)[nH]c(=O)n(C)c5nc34)CC2)nc2c1c(=O)[nH]c(=O)n2C. The molecule has 0 saturated carbocycles. The molecule has 0 radical (unpaired) electrons. The van der Waals surface area contributed by atoms with E-state index < -0.39 is 22.5 Å². The molecule has 40 heavy (non-hydrogen) atoms. The van der Waals surface area contributed by atoms with Gasteiger partial charge >= 0.3 is 11.4 Å². The third-order valence-electron chi connectivity index (χ3n) is 7.58. The van der Waals surface area contributed by atoms with Crippen LogP contribution in [0.2, 0.25) is 0 Å². The van der Waals surface area contributed by atoms with E-state index in [0.717, 1.165) is 12.2 Å². The minimum atomic E-state index is -0.571. The Labute approximate surface area is 224 Å². The molecule has 1 aliphatic heterocycles. The highest BCUT2D eigenvalue weighted by Gasteiger charge is 2.26. The minimum absolute atomic E-state index is 0.0245. The Morgan fingerprint density at radius 1 is 0.850 bits per heavy atom. The lowest BCUT2D eigenvalue weighted by atomic mass is 10.3. The third-order valence-corrected chi connectivity index (χ3v) is 7.58. The van der Waals surface area contributed by atoms with Crippen LogP contribution in [0.4, 0.5) is 5.95 Å². The van der Waals surface area contributed by atoms with Gasteiger partial charge in [-0.25, -0.2) is 9.59 Å². The number of H-pyrrole nitrogens is 2. The third kappa shape index (κ3) is 3.90. The van der Waals surface area contributed by atoms with Crippen molar-refractivity contribution in [3.05, 3.63) is 53.6 Å². The molecule has 0 aliphatic carbocycles. The van der Waals surface area contributed by atoms with Crippen LogP contribution in [-0.2, 0) is 32.0 Å². The highest BCUT2D eigenvalue weighted by atomic mass is 16.2. The molecule has 6 rings (SSSR count). The van der Waals surface area contributed by atoms with Crippen LogP contribution in [0.25, 0.3) is 28.1 Å². The Hall–Kier alpha value is -4.73. The van der Waals surface area contributed by atoms with Gasteiger partial charge in [0.25, 0.3) is 11.1 Å². The summed E-state index contributed by atoms with van der Waals surface area (Å²) in [6, 6.07) is 0. The number of aromatic nitrogens is 9. The van der Waals surface area contributed by atoms with E-state index in [9.17, 15) is 24.0 Å². The van der Waals surface area contributed by atoms with Gasteiger partial charge in [0.2, 0.25) is 11.7 Å². The molecular formula is C24H29N11O5. The number of fused-ring (bicyclic) bond motifs is 4. The molecule has 1 saturated heterocycles. The Morgan fingerprint density at radius 3 is 2.08 bits per heavy atom. The molecule has 1 aliphatic rings. The first-order valence-electron chi connectivity index (χ1n) is 12.9. The number of hydrogen-bond donors (Lipinski definition) is 2. The molecule has 0 unspecified atom stereocenters. The quantitative estimate of drug-likeness (QED) is 0.245. The van der Waals surface area contributed by atoms with Crippen molar-refractivity contribution in [3.8, 4) is 0 Å². The number of carbonyl (C=O) groups is 1. The number of aryl methyl sites for hydroxylation is 3. The molecule has 2 N–H and O–H groups in total. The van der Waals surface area contributed by atoms with E-state index in [1.807, 2.05) is 22.6 Å². The standard InChI is InChI=1S/C24H29N11O5/c1-13-11-34-15-18(30(4)24(40)27-19(15)37)26-22(34)33(13)10-7-31-5-8-32(9-6-31)21-25-17-16(35(21)12-14(2)36)20(38)28-23(39)29(17)3/h11H,5-10,12H2,1-4H3,(H,27,37,40)(H,28,38,39). The number of Topliss-reactive ketones (excluding diaryl/α,β-unsaturated/α-hetero) is 1. The molecule has 1 fully saturated rings. The molecule has 16 nitrogen and oxygen atoms in total. The first kappa shape index (κ1) is 25.5. The maximum atomic E-state index is 12.6. The maximum absolute atomic E-state index is 12.6. The van der Waals surface area contributed by atoms with Crippen molar-refractivity contribution >= 4 is 39.8 Å². The normalized spacial score (nSPS) is 14.8.